The molecule has 0 aliphatic carbocycles. The molecule has 0 saturated carbocycles. The van der Waals surface area contributed by atoms with E-state index in [0.717, 1.165) is 24.2 Å². The second kappa shape index (κ2) is 14.5. The molecule has 11 nitrogen and oxygen atoms in total. The van der Waals surface area contributed by atoms with Gasteiger partial charge in [0.15, 0.2) is 0 Å². The van der Waals surface area contributed by atoms with Gasteiger partial charge in [0.05, 0.1) is 22.9 Å². The molecule has 2 aliphatic rings. The third kappa shape index (κ3) is 8.24. The van der Waals surface area contributed by atoms with Crippen molar-refractivity contribution in [2.75, 3.05) is 53.6 Å². The molecule has 2 amide bonds. The summed E-state index contributed by atoms with van der Waals surface area (Å²) in [5.41, 5.74) is 1.50. The van der Waals surface area contributed by atoms with Gasteiger partial charge in [-0.15, -0.1) is 12.4 Å². The zero-order chi connectivity index (χ0) is 31.4. The molecule has 0 radical (unpaired) electrons. The van der Waals surface area contributed by atoms with Crippen molar-refractivity contribution in [2.24, 2.45) is 5.41 Å². The summed E-state index contributed by atoms with van der Waals surface area (Å²) in [7, 11) is 0. The maximum absolute atomic E-state index is 14.4. The fourth-order valence-corrected chi connectivity index (χ4v) is 5.64. The number of nitrogens with zero attached hydrogens (tertiary/aromatic N) is 4. The third-order valence-corrected chi connectivity index (χ3v) is 8.19. The molecular weight excluding hydrogens is 624 g/mol. The normalized spacial score (nSPS) is 18.2. The van der Waals surface area contributed by atoms with Crippen molar-refractivity contribution in [3.63, 3.8) is 0 Å². The van der Waals surface area contributed by atoms with E-state index in [0.29, 0.717) is 32.8 Å². The number of para-hydroxylation sites is 1. The summed E-state index contributed by atoms with van der Waals surface area (Å²) in [6.45, 7) is 8.90. The average molecular weight is 663 g/mol. The topological polar surface area (TPSA) is 132 Å². The van der Waals surface area contributed by atoms with Crippen LogP contribution in [0.2, 0.25) is 5.02 Å². The van der Waals surface area contributed by atoms with Gasteiger partial charge in [0.1, 0.15) is 17.2 Å². The monoisotopic (exact) mass is 661 g/mol. The van der Waals surface area contributed by atoms with E-state index in [2.05, 4.69) is 51.6 Å². The number of ether oxygens (including phenoxy) is 1. The lowest BCUT2D eigenvalue weighted by Crippen LogP contribution is -2.59. The van der Waals surface area contributed by atoms with Crippen molar-refractivity contribution in [1.82, 2.24) is 14.9 Å². The van der Waals surface area contributed by atoms with E-state index in [-0.39, 0.29) is 58.0 Å². The number of halogens is 3. The third-order valence-electron chi connectivity index (χ3n) is 7.87. The lowest BCUT2D eigenvalue weighted by molar-refractivity contribution is 0.0748. The number of nitrogens with one attached hydrogen (secondary N) is 3. The lowest BCUT2D eigenvalue weighted by Gasteiger charge is -2.46. The van der Waals surface area contributed by atoms with Gasteiger partial charge in [-0.2, -0.15) is 4.98 Å². The smallest absolute Gasteiger partial charge is 0.407 e. The predicted octanol–water partition coefficient (Wildman–Crippen LogP) is 6.49. The number of hydrogen-bond donors (Lipinski definition) is 4. The molecule has 45 heavy (non-hydrogen) atoms. The van der Waals surface area contributed by atoms with Crippen molar-refractivity contribution in [3.05, 3.63) is 65.1 Å². The van der Waals surface area contributed by atoms with Gasteiger partial charge in [-0.25, -0.2) is 14.2 Å². The van der Waals surface area contributed by atoms with E-state index < -0.39 is 17.8 Å². The molecular formula is C31H38Cl2FN7O4. The van der Waals surface area contributed by atoms with Crippen LogP contribution < -0.4 is 20.9 Å². The van der Waals surface area contributed by atoms with E-state index in [4.69, 9.17) is 16.3 Å². The summed E-state index contributed by atoms with van der Waals surface area (Å²) in [5, 5.41) is 18.7. The quantitative estimate of drug-likeness (QED) is 0.214. The van der Waals surface area contributed by atoms with Gasteiger partial charge in [0, 0.05) is 50.4 Å². The number of benzene rings is 2. The maximum Gasteiger partial charge on any atom is 0.407 e. The summed E-state index contributed by atoms with van der Waals surface area (Å²) in [6.07, 6.45) is 2.32. The van der Waals surface area contributed by atoms with Crippen molar-refractivity contribution < 1.29 is 23.8 Å². The van der Waals surface area contributed by atoms with Gasteiger partial charge in [-0.05, 0) is 54.7 Å². The average Bonchev–Trinajstić information content (AvgIpc) is 3.51. The van der Waals surface area contributed by atoms with Gasteiger partial charge in [0.25, 0.3) is 5.91 Å². The Labute approximate surface area is 272 Å². The first-order chi connectivity index (χ1) is 21.0. The number of aromatic nitrogens is 2. The zero-order valence-corrected chi connectivity index (χ0v) is 26.9. The fraction of sp³-hybridized carbons (Fsp3) is 0.419. The van der Waals surface area contributed by atoms with Crippen LogP contribution in [0.3, 0.4) is 0 Å². The number of anilines is 5. The highest BCUT2D eigenvalue weighted by Gasteiger charge is 2.38. The number of carbonyl (C=O) groups excluding carboxylic acids is 1. The molecule has 0 spiro atoms. The molecule has 242 valence electrons. The number of hydrogen-bond acceptors (Lipinski definition) is 8. The van der Waals surface area contributed by atoms with Crippen LogP contribution >= 0.6 is 24.0 Å². The van der Waals surface area contributed by atoms with Crippen LogP contribution in [0.5, 0.6) is 0 Å². The van der Waals surface area contributed by atoms with Crippen LogP contribution in [-0.4, -0.2) is 76.9 Å². The molecule has 5 rings (SSSR count). The Kier molecular flexibility index (Phi) is 10.9. The van der Waals surface area contributed by atoms with Crippen LogP contribution in [0.1, 0.15) is 44.0 Å². The zero-order valence-electron chi connectivity index (χ0n) is 25.3. The number of piperazine rings is 1. The predicted molar refractivity (Wildman–Crippen MR) is 176 cm³/mol. The molecule has 0 bridgehead atoms. The molecule has 2 aliphatic heterocycles. The van der Waals surface area contributed by atoms with Crippen LogP contribution in [0.25, 0.3) is 0 Å². The van der Waals surface area contributed by atoms with Gasteiger partial charge < -0.3 is 35.6 Å². The Morgan fingerprint density at radius 2 is 1.91 bits per heavy atom. The van der Waals surface area contributed by atoms with E-state index in [1.54, 1.807) is 0 Å². The van der Waals surface area contributed by atoms with Gasteiger partial charge in [0.2, 0.25) is 5.95 Å². The van der Waals surface area contributed by atoms with E-state index in [9.17, 15) is 19.1 Å². The van der Waals surface area contributed by atoms with Crippen LogP contribution in [0.15, 0.2) is 48.7 Å². The second-order valence-corrected chi connectivity index (χ2v) is 12.4. The van der Waals surface area contributed by atoms with Crippen molar-refractivity contribution in [2.45, 2.75) is 45.8 Å². The first-order valence-electron chi connectivity index (χ1n) is 14.6. The summed E-state index contributed by atoms with van der Waals surface area (Å²) in [5.74, 6) is -0.737. The lowest BCUT2D eigenvalue weighted by atomic mass is 9.84. The molecule has 2 aromatic carbocycles. The molecule has 2 atom stereocenters. The molecule has 2 unspecified atom stereocenters. The molecule has 3 heterocycles. The summed E-state index contributed by atoms with van der Waals surface area (Å²) in [4.78, 5) is 37.6. The first kappa shape index (κ1) is 34.0. The van der Waals surface area contributed by atoms with Crippen molar-refractivity contribution in [1.29, 1.82) is 0 Å². The minimum atomic E-state index is -0.895. The van der Waals surface area contributed by atoms with Crippen molar-refractivity contribution >= 4 is 64.8 Å². The van der Waals surface area contributed by atoms with Crippen LogP contribution in [0, 0.1) is 11.2 Å². The first-order valence-corrected chi connectivity index (χ1v) is 15.0. The highest BCUT2D eigenvalue weighted by Crippen LogP contribution is 2.31. The fourth-order valence-electron chi connectivity index (χ4n) is 5.43. The maximum atomic E-state index is 14.4. The molecule has 2 saturated heterocycles. The highest BCUT2D eigenvalue weighted by molar-refractivity contribution is 6.34. The highest BCUT2D eigenvalue weighted by atomic mass is 35.5. The van der Waals surface area contributed by atoms with Crippen LogP contribution in [0.4, 0.5) is 38.0 Å². The molecule has 4 N–H and O–H groups in total. The largest absolute Gasteiger partial charge is 0.465 e. The summed E-state index contributed by atoms with van der Waals surface area (Å²) < 4.78 is 20.1. The number of rotatable bonds is 8. The standard InChI is InChI=1S/C31H37ClFN7O4.ClH/c1-31(2,3)25-18-39(13-14-40(25)30(42)43)20-11-9-19(10-12-20)36-29-35-17-22(27(38-29)34-16-21-6-5-15-44-21)28(41)37-26-23(32)7-4-8-24(26)33;/h4,7-12,17,21,25H,5-6,13-16,18H2,1-3H3,(H,37,41)(H,42,43)(H2,34,35,36,38);1H. The summed E-state index contributed by atoms with van der Waals surface area (Å²) >= 11 is 6.11. The van der Waals surface area contributed by atoms with Gasteiger partial charge in [-0.1, -0.05) is 38.4 Å². The number of carboxylic acid groups (broad SMARTS) is 1. The Hall–Kier alpha value is -3.87. The Bertz CT molecular complexity index is 1480. The minimum Gasteiger partial charge on any atom is -0.465 e. The van der Waals surface area contributed by atoms with E-state index in [1.807, 2.05) is 24.3 Å². The number of amides is 2. The Morgan fingerprint density at radius 1 is 1.16 bits per heavy atom. The van der Waals surface area contributed by atoms with Gasteiger partial charge in [-0.3, -0.25) is 4.79 Å². The van der Waals surface area contributed by atoms with Gasteiger partial charge >= 0.3 is 6.09 Å². The second-order valence-electron chi connectivity index (χ2n) is 12.0. The Balaban J connectivity index is 0.00000461. The number of carbonyl (C=O) groups is 2. The minimum absolute atomic E-state index is 0. The Morgan fingerprint density at radius 3 is 2.56 bits per heavy atom. The van der Waals surface area contributed by atoms with Crippen LogP contribution in [-0.2, 0) is 4.74 Å². The van der Waals surface area contributed by atoms with E-state index >= 15 is 0 Å². The molecule has 14 heteroatoms. The van der Waals surface area contributed by atoms with E-state index in [1.165, 1.54) is 29.3 Å². The molecule has 2 fully saturated rings. The summed E-state index contributed by atoms with van der Waals surface area (Å²) in [6, 6.07) is 11.7. The van der Waals surface area contributed by atoms with Crippen molar-refractivity contribution in [3.8, 4) is 0 Å². The molecule has 1 aromatic heterocycles. The SMILES string of the molecule is CC(C)(C)C1CN(c2ccc(Nc3ncc(C(=O)Nc4c(F)cccc4Cl)c(NCC4CCCO4)n3)cc2)CCN1C(=O)O.Cl. The molecule has 3 aromatic rings.